The van der Waals surface area contributed by atoms with E-state index in [-0.39, 0.29) is 40.9 Å². The predicted molar refractivity (Wildman–Crippen MR) is 115 cm³/mol. The molecule has 31 heavy (non-hydrogen) atoms. The van der Waals surface area contributed by atoms with Crippen molar-refractivity contribution in [3.05, 3.63) is 64.4 Å². The normalized spacial score (nSPS) is 11.4. The van der Waals surface area contributed by atoms with Crippen LogP contribution in [0.15, 0.2) is 47.4 Å². The highest BCUT2D eigenvalue weighted by molar-refractivity contribution is 7.89. The summed E-state index contributed by atoms with van der Waals surface area (Å²) in [7, 11) is -2.35. The van der Waals surface area contributed by atoms with Gasteiger partial charge in [-0.3, -0.25) is 4.79 Å². The van der Waals surface area contributed by atoms with Crippen LogP contribution >= 0.6 is 11.6 Å². The van der Waals surface area contributed by atoms with Gasteiger partial charge in [-0.1, -0.05) is 37.6 Å². The van der Waals surface area contributed by atoms with Crippen LogP contribution in [0.3, 0.4) is 0 Å². The first-order chi connectivity index (χ1) is 14.6. The lowest BCUT2D eigenvalue weighted by atomic mass is 10.2. The van der Waals surface area contributed by atoms with Crippen molar-refractivity contribution in [2.75, 3.05) is 26.7 Å². The van der Waals surface area contributed by atoms with E-state index < -0.39 is 28.5 Å². The maximum Gasteiger partial charge on any atom is 0.338 e. The van der Waals surface area contributed by atoms with Crippen molar-refractivity contribution in [1.29, 1.82) is 0 Å². The fourth-order valence-corrected chi connectivity index (χ4v) is 4.76. The summed E-state index contributed by atoms with van der Waals surface area (Å²) in [5.74, 6) is -1.70. The summed E-state index contributed by atoms with van der Waals surface area (Å²) in [6.07, 6.45) is 0. The lowest BCUT2D eigenvalue weighted by Crippen LogP contribution is -2.31. The van der Waals surface area contributed by atoms with Crippen molar-refractivity contribution in [3.63, 3.8) is 0 Å². The number of nitrogens with zero attached hydrogens (tertiary/aromatic N) is 2. The Morgan fingerprint density at radius 3 is 2.26 bits per heavy atom. The second-order valence-electron chi connectivity index (χ2n) is 6.69. The van der Waals surface area contributed by atoms with E-state index in [1.165, 1.54) is 40.5 Å². The molecule has 0 heterocycles. The summed E-state index contributed by atoms with van der Waals surface area (Å²) in [4.78, 5) is 25.8. The molecule has 0 unspecified atom stereocenters. The van der Waals surface area contributed by atoms with Gasteiger partial charge in [-0.15, -0.1) is 0 Å². The maximum absolute atomic E-state index is 13.0. The quantitative estimate of drug-likeness (QED) is 0.525. The van der Waals surface area contributed by atoms with Crippen LogP contribution in [0, 0.1) is 5.82 Å². The number of amides is 1. The Morgan fingerprint density at radius 1 is 1.06 bits per heavy atom. The van der Waals surface area contributed by atoms with Crippen LogP contribution in [0.25, 0.3) is 0 Å². The molecule has 0 spiro atoms. The minimum absolute atomic E-state index is 0.0152. The van der Waals surface area contributed by atoms with Gasteiger partial charge in [-0.25, -0.2) is 17.6 Å². The van der Waals surface area contributed by atoms with Gasteiger partial charge >= 0.3 is 5.97 Å². The van der Waals surface area contributed by atoms with Gasteiger partial charge in [0.1, 0.15) is 10.7 Å². The Hall–Kier alpha value is -2.49. The number of rotatable bonds is 9. The Labute approximate surface area is 186 Å². The van der Waals surface area contributed by atoms with Gasteiger partial charge in [-0.2, -0.15) is 4.31 Å². The third-order valence-electron chi connectivity index (χ3n) is 4.58. The molecule has 1 amide bonds. The summed E-state index contributed by atoms with van der Waals surface area (Å²) >= 11 is 6.06. The van der Waals surface area contributed by atoms with E-state index in [1.54, 1.807) is 26.0 Å². The van der Waals surface area contributed by atoms with Crippen molar-refractivity contribution < 1.29 is 27.1 Å². The zero-order chi connectivity index (χ0) is 23.2. The van der Waals surface area contributed by atoms with Crippen molar-refractivity contribution in [1.82, 2.24) is 9.21 Å². The molecule has 0 fully saturated rings. The molecule has 2 aromatic rings. The number of carbonyl (C=O) groups excluding carboxylic acids is 2. The van der Waals surface area contributed by atoms with Gasteiger partial charge in [0.05, 0.1) is 10.6 Å². The van der Waals surface area contributed by atoms with Gasteiger partial charge in [0.15, 0.2) is 6.61 Å². The van der Waals surface area contributed by atoms with E-state index in [4.69, 9.17) is 16.3 Å². The Kier molecular flexibility index (Phi) is 8.55. The number of sulfonamides is 1. The molecule has 0 N–H and O–H groups in total. The minimum Gasteiger partial charge on any atom is -0.452 e. The van der Waals surface area contributed by atoms with E-state index >= 15 is 0 Å². The highest BCUT2D eigenvalue weighted by atomic mass is 35.5. The number of ether oxygens (including phenoxy) is 1. The third-order valence-corrected chi connectivity index (χ3v) is 7.11. The standard InChI is InChI=1S/C21H24ClFN2O5S/c1-4-25(5-2)31(28,29)19-12-16(8-11-18(19)22)21(27)30-14-20(26)24(3)13-15-6-9-17(23)10-7-15/h6-12H,4-5,13-14H2,1-3H3. The molecule has 2 rings (SSSR count). The van der Waals surface area contributed by atoms with Gasteiger partial charge in [0.2, 0.25) is 10.0 Å². The average Bonchev–Trinajstić information content (AvgIpc) is 2.74. The molecule has 7 nitrogen and oxygen atoms in total. The van der Waals surface area contributed by atoms with Gasteiger partial charge < -0.3 is 9.64 Å². The van der Waals surface area contributed by atoms with E-state index in [0.717, 1.165) is 6.07 Å². The fourth-order valence-electron chi connectivity index (χ4n) is 2.80. The zero-order valence-electron chi connectivity index (χ0n) is 17.5. The number of hydrogen-bond acceptors (Lipinski definition) is 5. The van der Waals surface area contributed by atoms with Crippen molar-refractivity contribution in [2.24, 2.45) is 0 Å². The largest absolute Gasteiger partial charge is 0.452 e. The van der Waals surface area contributed by atoms with Crippen LogP contribution in [0.5, 0.6) is 0 Å². The summed E-state index contributed by atoms with van der Waals surface area (Å²) in [5, 5.41) is -0.0152. The fraction of sp³-hybridized carbons (Fsp3) is 0.333. The van der Waals surface area contributed by atoms with E-state index in [1.807, 2.05) is 0 Å². The molecule has 0 saturated carbocycles. The van der Waals surface area contributed by atoms with E-state index in [2.05, 4.69) is 0 Å². The lowest BCUT2D eigenvalue weighted by Gasteiger charge is -2.19. The molecule has 0 atom stereocenters. The average molecular weight is 471 g/mol. The van der Waals surface area contributed by atoms with Gasteiger partial charge in [0, 0.05) is 26.7 Å². The third kappa shape index (κ3) is 6.25. The number of likely N-dealkylation sites (N-methyl/N-ethyl adjacent to an activating group) is 1. The SMILES string of the molecule is CCN(CC)S(=O)(=O)c1cc(C(=O)OCC(=O)N(C)Cc2ccc(F)cc2)ccc1Cl. The van der Waals surface area contributed by atoms with Crippen LogP contribution in [-0.4, -0.2) is 56.2 Å². The lowest BCUT2D eigenvalue weighted by molar-refractivity contribution is -0.133. The molecule has 0 bridgehead atoms. The summed E-state index contributed by atoms with van der Waals surface area (Å²) in [6.45, 7) is 3.57. The number of benzene rings is 2. The molecule has 10 heteroatoms. The Bertz CT molecular complexity index is 1040. The monoisotopic (exact) mass is 470 g/mol. The molecular weight excluding hydrogens is 447 g/mol. The Balaban J connectivity index is 2.06. The molecule has 0 radical (unpaired) electrons. The zero-order valence-corrected chi connectivity index (χ0v) is 19.0. The summed E-state index contributed by atoms with van der Waals surface area (Å²) < 4.78 is 44.7. The minimum atomic E-state index is -3.88. The first kappa shape index (κ1) is 24.8. The van der Waals surface area contributed by atoms with Crippen LogP contribution in [0.1, 0.15) is 29.8 Å². The number of halogens is 2. The molecule has 168 valence electrons. The molecule has 0 saturated heterocycles. The van der Waals surface area contributed by atoms with Crippen molar-refractivity contribution in [3.8, 4) is 0 Å². The second kappa shape index (κ2) is 10.7. The van der Waals surface area contributed by atoms with Crippen LogP contribution in [0.4, 0.5) is 4.39 Å². The summed E-state index contributed by atoms with van der Waals surface area (Å²) in [5.41, 5.74) is 0.677. The van der Waals surface area contributed by atoms with Crippen LogP contribution in [0.2, 0.25) is 5.02 Å². The predicted octanol–water partition coefficient (Wildman–Crippen LogP) is 3.33. The van der Waals surface area contributed by atoms with Gasteiger partial charge in [-0.05, 0) is 35.9 Å². The molecule has 0 aromatic heterocycles. The first-order valence-electron chi connectivity index (χ1n) is 9.55. The maximum atomic E-state index is 13.0. The van der Waals surface area contributed by atoms with Crippen LogP contribution < -0.4 is 0 Å². The highest BCUT2D eigenvalue weighted by Gasteiger charge is 2.26. The topological polar surface area (TPSA) is 84.0 Å². The molecule has 0 aliphatic carbocycles. The number of hydrogen-bond donors (Lipinski definition) is 0. The van der Waals surface area contributed by atoms with Crippen molar-refractivity contribution >= 4 is 33.5 Å². The van der Waals surface area contributed by atoms with Crippen LogP contribution in [-0.2, 0) is 26.1 Å². The van der Waals surface area contributed by atoms with E-state index in [9.17, 15) is 22.4 Å². The number of carbonyl (C=O) groups is 2. The molecule has 0 aliphatic rings. The molecular formula is C21H24ClFN2O5S. The van der Waals surface area contributed by atoms with E-state index in [0.29, 0.717) is 5.56 Å². The number of esters is 1. The first-order valence-corrected chi connectivity index (χ1v) is 11.4. The molecule has 2 aromatic carbocycles. The van der Waals surface area contributed by atoms with Gasteiger partial charge in [0.25, 0.3) is 5.91 Å². The Morgan fingerprint density at radius 2 is 1.68 bits per heavy atom. The smallest absolute Gasteiger partial charge is 0.338 e. The second-order valence-corrected chi connectivity index (χ2v) is 9.00. The van der Waals surface area contributed by atoms with Crippen molar-refractivity contribution in [2.45, 2.75) is 25.3 Å². The summed E-state index contributed by atoms with van der Waals surface area (Å²) in [6, 6.07) is 9.46. The highest BCUT2D eigenvalue weighted by Crippen LogP contribution is 2.26. The molecule has 0 aliphatic heterocycles.